The smallest absolute Gasteiger partial charge is 0.190 e. The Balaban J connectivity index is 2.05. The number of aliphatic hydroxyl groups is 2. The summed E-state index contributed by atoms with van der Waals surface area (Å²) in [5, 5.41) is 18.8. The lowest BCUT2D eigenvalue weighted by Crippen LogP contribution is -2.46. The first kappa shape index (κ1) is 11.3. The molecule has 2 aliphatic rings. The third-order valence-electron chi connectivity index (χ3n) is 2.69. The molecule has 5 atom stereocenters. The summed E-state index contributed by atoms with van der Waals surface area (Å²) in [4.78, 5) is 0. The molecule has 0 bridgehead atoms. The molecule has 88 valence electrons. The summed E-state index contributed by atoms with van der Waals surface area (Å²) < 4.78 is 16.3. The van der Waals surface area contributed by atoms with E-state index in [0.717, 1.165) is 0 Å². The highest BCUT2D eigenvalue weighted by Gasteiger charge is 2.55. The summed E-state index contributed by atoms with van der Waals surface area (Å²) in [6, 6.07) is -0.624. The first-order chi connectivity index (χ1) is 6.94. The zero-order chi connectivity index (χ0) is 11.2. The number of nitrogens with two attached hydrogens (primary N) is 1. The average molecular weight is 219 g/mol. The van der Waals surface area contributed by atoms with Crippen LogP contribution in [0.25, 0.3) is 0 Å². The standard InChI is InChI=1S/C9H17NO5/c1-9(2)14-7-5(12)6(4(10)3-11)13-8(7)15-9/h4-8,11-12H,3,10H2,1-2H3/t4-,5-,6+,7+,8+/m0/s1. The van der Waals surface area contributed by atoms with E-state index >= 15 is 0 Å². The van der Waals surface area contributed by atoms with Gasteiger partial charge in [-0.3, -0.25) is 0 Å². The molecule has 0 amide bonds. The second-order valence-corrected chi connectivity index (χ2v) is 4.41. The summed E-state index contributed by atoms with van der Waals surface area (Å²) in [5.74, 6) is -0.745. The van der Waals surface area contributed by atoms with Crippen molar-refractivity contribution in [3.05, 3.63) is 0 Å². The summed E-state index contributed by atoms with van der Waals surface area (Å²) in [6.45, 7) is 3.26. The van der Waals surface area contributed by atoms with E-state index in [-0.39, 0.29) is 6.61 Å². The molecule has 2 heterocycles. The van der Waals surface area contributed by atoms with Gasteiger partial charge < -0.3 is 30.2 Å². The minimum absolute atomic E-state index is 0.245. The molecule has 0 spiro atoms. The number of rotatable bonds is 2. The van der Waals surface area contributed by atoms with Crippen LogP contribution in [-0.4, -0.2) is 53.3 Å². The maximum atomic E-state index is 9.87. The van der Waals surface area contributed by atoms with Crippen molar-refractivity contribution in [2.24, 2.45) is 5.73 Å². The van der Waals surface area contributed by atoms with Crippen molar-refractivity contribution in [2.75, 3.05) is 6.61 Å². The highest BCUT2D eigenvalue weighted by Crippen LogP contribution is 2.37. The van der Waals surface area contributed by atoms with E-state index < -0.39 is 36.4 Å². The van der Waals surface area contributed by atoms with Crippen molar-refractivity contribution in [3.63, 3.8) is 0 Å². The fraction of sp³-hybridized carbons (Fsp3) is 1.00. The summed E-state index contributed by atoms with van der Waals surface area (Å²) in [7, 11) is 0. The van der Waals surface area contributed by atoms with Crippen molar-refractivity contribution < 1.29 is 24.4 Å². The number of aliphatic hydroxyl groups excluding tert-OH is 2. The average Bonchev–Trinajstić information content (AvgIpc) is 2.60. The van der Waals surface area contributed by atoms with Crippen LogP contribution in [0.1, 0.15) is 13.8 Å². The second kappa shape index (κ2) is 3.65. The third-order valence-corrected chi connectivity index (χ3v) is 2.69. The minimum atomic E-state index is -0.862. The zero-order valence-corrected chi connectivity index (χ0v) is 8.79. The van der Waals surface area contributed by atoms with Gasteiger partial charge in [0.1, 0.15) is 18.3 Å². The predicted octanol–water partition coefficient (Wildman–Crippen LogP) is -1.46. The van der Waals surface area contributed by atoms with Gasteiger partial charge in [0.15, 0.2) is 12.1 Å². The third kappa shape index (κ3) is 1.89. The number of fused-ring (bicyclic) bond motifs is 1. The molecule has 2 aliphatic heterocycles. The quantitative estimate of drug-likeness (QED) is 0.525. The molecule has 0 unspecified atom stereocenters. The van der Waals surface area contributed by atoms with Crippen molar-refractivity contribution >= 4 is 0 Å². The minimum Gasteiger partial charge on any atom is -0.395 e. The van der Waals surface area contributed by atoms with Crippen molar-refractivity contribution in [3.8, 4) is 0 Å². The normalized spacial score (nSPS) is 45.4. The van der Waals surface area contributed by atoms with E-state index in [1.807, 2.05) is 0 Å². The van der Waals surface area contributed by atoms with Crippen LogP contribution in [0.2, 0.25) is 0 Å². The second-order valence-electron chi connectivity index (χ2n) is 4.41. The Morgan fingerprint density at radius 3 is 2.60 bits per heavy atom. The Hall–Kier alpha value is -0.240. The Kier molecular flexibility index (Phi) is 2.74. The van der Waals surface area contributed by atoms with Crippen LogP contribution < -0.4 is 5.73 Å². The van der Waals surface area contributed by atoms with Gasteiger partial charge >= 0.3 is 0 Å². The fourth-order valence-corrected chi connectivity index (χ4v) is 1.97. The lowest BCUT2D eigenvalue weighted by Gasteiger charge is -2.25. The lowest BCUT2D eigenvalue weighted by molar-refractivity contribution is -0.217. The van der Waals surface area contributed by atoms with Crippen LogP contribution >= 0.6 is 0 Å². The van der Waals surface area contributed by atoms with Gasteiger partial charge in [-0.05, 0) is 13.8 Å². The highest BCUT2D eigenvalue weighted by atomic mass is 16.8. The summed E-state index contributed by atoms with van der Waals surface area (Å²) in [6.07, 6.45) is -2.62. The Morgan fingerprint density at radius 1 is 1.40 bits per heavy atom. The van der Waals surface area contributed by atoms with Gasteiger partial charge in [-0.25, -0.2) is 0 Å². The van der Waals surface area contributed by atoms with E-state index in [9.17, 15) is 5.11 Å². The van der Waals surface area contributed by atoms with Crippen LogP contribution in [0.3, 0.4) is 0 Å². The van der Waals surface area contributed by atoms with E-state index in [1.165, 1.54) is 0 Å². The molecular formula is C9H17NO5. The molecule has 6 heteroatoms. The van der Waals surface area contributed by atoms with Gasteiger partial charge in [0.25, 0.3) is 0 Å². The first-order valence-corrected chi connectivity index (χ1v) is 5.00. The first-order valence-electron chi connectivity index (χ1n) is 5.00. The molecule has 0 aromatic rings. The molecule has 2 rings (SSSR count). The topological polar surface area (TPSA) is 94.2 Å². The lowest BCUT2D eigenvalue weighted by atomic mass is 10.1. The van der Waals surface area contributed by atoms with Gasteiger partial charge in [-0.1, -0.05) is 0 Å². The largest absolute Gasteiger partial charge is 0.395 e. The number of ether oxygens (including phenoxy) is 3. The predicted molar refractivity (Wildman–Crippen MR) is 49.8 cm³/mol. The highest BCUT2D eigenvalue weighted by molar-refractivity contribution is 4.96. The van der Waals surface area contributed by atoms with Gasteiger partial charge in [-0.15, -0.1) is 0 Å². The molecule has 0 saturated carbocycles. The van der Waals surface area contributed by atoms with Crippen molar-refractivity contribution in [2.45, 2.75) is 50.3 Å². The fourth-order valence-electron chi connectivity index (χ4n) is 1.97. The maximum absolute atomic E-state index is 9.87. The monoisotopic (exact) mass is 219 g/mol. The zero-order valence-electron chi connectivity index (χ0n) is 8.79. The Bertz CT molecular complexity index is 247. The van der Waals surface area contributed by atoms with Gasteiger partial charge in [0.05, 0.1) is 12.6 Å². The van der Waals surface area contributed by atoms with Gasteiger partial charge in [0.2, 0.25) is 0 Å². The molecule has 6 nitrogen and oxygen atoms in total. The maximum Gasteiger partial charge on any atom is 0.190 e. The molecule has 0 aliphatic carbocycles. The summed E-state index contributed by atoms with van der Waals surface area (Å²) >= 11 is 0. The van der Waals surface area contributed by atoms with E-state index in [2.05, 4.69) is 0 Å². The van der Waals surface area contributed by atoms with Crippen molar-refractivity contribution in [1.29, 1.82) is 0 Å². The molecule has 0 aromatic carbocycles. The van der Waals surface area contributed by atoms with E-state index in [0.29, 0.717) is 0 Å². The van der Waals surface area contributed by atoms with Gasteiger partial charge in [0, 0.05) is 0 Å². The molecular weight excluding hydrogens is 202 g/mol. The molecule has 0 aromatic heterocycles. The van der Waals surface area contributed by atoms with Gasteiger partial charge in [-0.2, -0.15) is 0 Å². The van der Waals surface area contributed by atoms with Crippen LogP contribution in [-0.2, 0) is 14.2 Å². The summed E-state index contributed by atoms with van der Waals surface area (Å²) in [5.41, 5.74) is 5.59. The van der Waals surface area contributed by atoms with Crippen LogP contribution in [0.4, 0.5) is 0 Å². The van der Waals surface area contributed by atoms with E-state index in [1.54, 1.807) is 13.8 Å². The molecule has 2 fully saturated rings. The number of hydrogen-bond donors (Lipinski definition) is 3. The number of hydrogen-bond acceptors (Lipinski definition) is 6. The molecule has 2 saturated heterocycles. The van der Waals surface area contributed by atoms with Crippen LogP contribution in [0.5, 0.6) is 0 Å². The Morgan fingerprint density at radius 2 is 2.07 bits per heavy atom. The van der Waals surface area contributed by atoms with Crippen molar-refractivity contribution in [1.82, 2.24) is 0 Å². The molecule has 15 heavy (non-hydrogen) atoms. The SMILES string of the molecule is CC1(C)O[C@H]2O[C@H]([C@@H](N)CO)[C@H](O)[C@H]2O1. The van der Waals surface area contributed by atoms with Crippen LogP contribution in [0, 0.1) is 0 Å². The van der Waals surface area contributed by atoms with Crippen LogP contribution in [0.15, 0.2) is 0 Å². The molecule has 4 N–H and O–H groups in total. The molecule has 0 radical (unpaired) electrons. The Labute approximate surface area is 87.9 Å². The van der Waals surface area contributed by atoms with E-state index in [4.69, 9.17) is 25.1 Å².